The van der Waals surface area contributed by atoms with Crippen molar-refractivity contribution in [1.82, 2.24) is 5.32 Å². The largest absolute Gasteiger partial charge is 0.351 e. The Balaban J connectivity index is 1.65. The number of hydrogen-bond donors (Lipinski definition) is 2. The molecule has 120 valence electrons. The monoisotopic (exact) mass is 365 g/mol. The molecule has 1 aliphatic rings. The summed E-state index contributed by atoms with van der Waals surface area (Å²) in [4.78, 5) is 13.2. The predicted molar refractivity (Wildman–Crippen MR) is 93.8 cm³/mol. The molecule has 1 atom stereocenters. The minimum atomic E-state index is 0.144. The van der Waals surface area contributed by atoms with Crippen LogP contribution in [-0.4, -0.2) is 26.0 Å². The van der Waals surface area contributed by atoms with E-state index >= 15 is 0 Å². The molecule has 2 N–H and O–H groups in total. The third-order valence-corrected chi connectivity index (χ3v) is 4.56. The van der Waals surface area contributed by atoms with Gasteiger partial charge in [0.2, 0.25) is 0 Å². The highest BCUT2D eigenvalue weighted by atomic mass is 79.9. The van der Waals surface area contributed by atoms with Gasteiger partial charge in [-0.15, -0.1) is 0 Å². The smallest absolute Gasteiger partial charge is 0.275 e. The molecule has 0 radical (unpaired) electrons. The van der Waals surface area contributed by atoms with E-state index in [9.17, 15) is 4.79 Å². The number of rotatable bonds is 7. The van der Waals surface area contributed by atoms with Crippen LogP contribution >= 0.6 is 15.9 Å². The number of carbonyl (C=O) groups is 1. The highest BCUT2D eigenvalue weighted by Gasteiger charge is 2.11. The zero-order chi connectivity index (χ0) is 15.8. The first kappa shape index (κ1) is 17.2. The second-order valence-electron chi connectivity index (χ2n) is 6.15. The number of quaternary nitrogens is 1. The van der Waals surface area contributed by atoms with Crippen molar-refractivity contribution in [3.05, 3.63) is 46.0 Å². The standard InChI is InChI=1S/C18H25BrN2O/c1-21(13-16-7-9-17(19)10-8-16)14-18(22)20-12-11-15-5-3-2-4-6-15/h5,7-10H,2-4,6,11-14H2,1H3,(H,20,22)/p+1. The van der Waals surface area contributed by atoms with Crippen LogP contribution < -0.4 is 10.2 Å². The van der Waals surface area contributed by atoms with Gasteiger partial charge in [0.15, 0.2) is 6.54 Å². The molecule has 0 spiro atoms. The maximum absolute atomic E-state index is 12.0. The van der Waals surface area contributed by atoms with Crippen LogP contribution in [0.3, 0.4) is 0 Å². The number of halogens is 1. The fourth-order valence-electron chi connectivity index (χ4n) is 2.84. The molecule has 1 aromatic rings. The first-order valence-electron chi connectivity index (χ1n) is 8.14. The molecule has 0 aliphatic heterocycles. The van der Waals surface area contributed by atoms with Crippen LogP contribution in [0.25, 0.3) is 0 Å². The molecule has 0 bridgehead atoms. The molecule has 0 heterocycles. The molecule has 4 heteroatoms. The number of allylic oxidation sites excluding steroid dienone is 1. The van der Waals surface area contributed by atoms with Crippen molar-refractivity contribution in [3.63, 3.8) is 0 Å². The summed E-state index contributed by atoms with van der Waals surface area (Å²) < 4.78 is 1.09. The summed E-state index contributed by atoms with van der Waals surface area (Å²) in [6.45, 7) is 2.16. The summed E-state index contributed by atoms with van der Waals surface area (Å²) in [6.07, 6.45) is 8.41. The molecule has 0 saturated heterocycles. The second kappa shape index (κ2) is 9.11. The van der Waals surface area contributed by atoms with E-state index in [-0.39, 0.29) is 5.91 Å². The van der Waals surface area contributed by atoms with Crippen molar-refractivity contribution in [2.75, 3.05) is 20.1 Å². The lowest BCUT2D eigenvalue weighted by atomic mass is 9.97. The van der Waals surface area contributed by atoms with Gasteiger partial charge in [0.05, 0.1) is 7.05 Å². The van der Waals surface area contributed by atoms with Crippen LogP contribution in [0.15, 0.2) is 40.4 Å². The van der Waals surface area contributed by atoms with E-state index < -0.39 is 0 Å². The van der Waals surface area contributed by atoms with E-state index in [1.165, 1.54) is 41.7 Å². The van der Waals surface area contributed by atoms with Gasteiger partial charge in [-0.25, -0.2) is 0 Å². The van der Waals surface area contributed by atoms with Crippen molar-refractivity contribution in [1.29, 1.82) is 0 Å². The summed E-state index contributed by atoms with van der Waals surface area (Å²) in [6, 6.07) is 8.28. The van der Waals surface area contributed by atoms with Gasteiger partial charge >= 0.3 is 0 Å². The lowest BCUT2D eigenvalue weighted by molar-refractivity contribution is -0.885. The molecule has 1 unspecified atom stereocenters. The highest BCUT2D eigenvalue weighted by Crippen LogP contribution is 2.19. The van der Waals surface area contributed by atoms with E-state index in [1.54, 1.807) is 0 Å². The Labute approximate surface area is 141 Å². The van der Waals surface area contributed by atoms with Gasteiger partial charge in [-0.2, -0.15) is 0 Å². The SMILES string of the molecule is C[NH+](CC(=O)NCCC1=CCCCC1)Cc1ccc(Br)cc1. The lowest BCUT2D eigenvalue weighted by Crippen LogP contribution is -3.08. The van der Waals surface area contributed by atoms with Gasteiger partial charge in [0, 0.05) is 16.6 Å². The molecule has 0 fully saturated rings. The van der Waals surface area contributed by atoms with Crippen molar-refractivity contribution >= 4 is 21.8 Å². The molecule has 3 nitrogen and oxygen atoms in total. The minimum Gasteiger partial charge on any atom is -0.351 e. The van der Waals surface area contributed by atoms with E-state index in [0.29, 0.717) is 6.54 Å². The number of hydrogen-bond acceptors (Lipinski definition) is 1. The average molecular weight is 366 g/mol. The van der Waals surface area contributed by atoms with E-state index in [0.717, 1.165) is 24.0 Å². The number of nitrogens with one attached hydrogen (secondary N) is 2. The summed E-state index contributed by atoms with van der Waals surface area (Å²) >= 11 is 3.44. The van der Waals surface area contributed by atoms with Crippen LogP contribution in [-0.2, 0) is 11.3 Å². The fraction of sp³-hybridized carbons (Fsp3) is 0.500. The van der Waals surface area contributed by atoms with Gasteiger partial charge in [0.25, 0.3) is 5.91 Å². The summed E-state index contributed by atoms with van der Waals surface area (Å²) in [5, 5.41) is 3.05. The Bertz CT molecular complexity index is 510. The van der Waals surface area contributed by atoms with Gasteiger partial charge < -0.3 is 10.2 Å². The van der Waals surface area contributed by atoms with Gasteiger partial charge in [0.1, 0.15) is 6.54 Å². The first-order chi connectivity index (χ1) is 10.6. The van der Waals surface area contributed by atoms with Crippen molar-refractivity contribution in [2.45, 2.75) is 38.6 Å². The topological polar surface area (TPSA) is 33.5 Å². The Hall–Kier alpha value is -1.13. The minimum absolute atomic E-state index is 0.144. The van der Waals surface area contributed by atoms with Gasteiger partial charge in [-0.05, 0) is 44.2 Å². The summed E-state index contributed by atoms with van der Waals surface area (Å²) in [7, 11) is 2.06. The fourth-order valence-corrected chi connectivity index (χ4v) is 3.11. The van der Waals surface area contributed by atoms with Gasteiger partial charge in [-0.1, -0.05) is 39.7 Å². The number of likely N-dealkylation sites (N-methyl/N-ethyl adjacent to an activating group) is 1. The zero-order valence-corrected chi connectivity index (χ0v) is 14.9. The van der Waals surface area contributed by atoms with Crippen LogP contribution in [0, 0.1) is 0 Å². The molecular formula is C18H26BrN2O+. The van der Waals surface area contributed by atoms with Crippen LogP contribution in [0.2, 0.25) is 0 Å². The van der Waals surface area contributed by atoms with Gasteiger partial charge in [-0.3, -0.25) is 4.79 Å². The summed E-state index contributed by atoms with van der Waals surface area (Å²) in [5.74, 6) is 0.144. The predicted octanol–water partition coefficient (Wildman–Crippen LogP) is 2.47. The number of carbonyl (C=O) groups excluding carboxylic acids is 1. The molecule has 1 aromatic carbocycles. The third-order valence-electron chi connectivity index (χ3n) is 4.03. The summed E-state index contributed by atoms with van der Waals surface area (Å²) in [5.41, 5.74) is 2.77. The van der Waals surface area contributed by atoms with Crippen LogP contribution in [0.5, 0.6) is 0 Å². The molecule has 0 saturated carbocycles. The maximum atomic E-state index is 12.0. The van der Waals surface area contributed by atoms with Crippen molar-refractivity contribution in [3.8, 4) is 0 Å². The average Bonchev–Trinajstić information content (AvgIpc) is 2.50. The third kappa shape index (κ3) is 6.32. The lowest BCUT2D eigenvalue weighted by Gasteiger charge is -2.15. The Morgan fingerprint density at radius 3 is 2.73 bits per heavy atom. The molecular weight excluding hydrogens is 340 g/mol. The number of amides is 1. The molecule has 2 rings (SSSR count). The van der Waals surface area contributed by atoms with E-state index in [1.807, 2.05) is 12.1 Å². The molecule has 0 aromatic heterocycles. The molecule has 22 heavy (non-hydrogen) atoms. The normalized spacial score (nSPS) is 16.0. The Morgan fingerprint density at radius 1 is 1.27 bits per heavy atom. The first-order valence-corrected chi connectivity index (χ1v) is 8.93. The van der Waals surface area contributed by atoms with E-state index in [4.69, 9.17) is 0 Å². The van der Waals surface area contributed by atoms with Crippen molar-refractivity contribution < 1.29 is 9.69 Å². The van der Waals surface area contributed by atoms with Crippen molar-refractivity contribution in [2.24, 2.45) is 0 Å². The molecule has 1 amide bonds. The molecule has 1 aliphatic carbocycles. The van der Waals surface area contributed by atoms with Crippen LogP contribution in [0.4, 0.5) is 0 Å². The van der Waals surface area contributed by atoms with Crippen LogP contribution in [0.1, 0.15) is 37.7 Å². The quantitative estimate of drug-likeness (QED) is 0.715. The highest BCUT2D eigenvalue weighted by molar-refractivity contribution is 9.10. The van der Waals surface area contributed by atoms with E-state index in [2.05, 4.69) is 46.5 Å². The number of benzene rings is 1. The maximum Gasteiger partial charge on any atom is 0.275 e. The Kier molecular flexibility index (Phi) is 7.13. The Morgan fingerprint density at radius 2 is 2.05 bits per heavy atom. The second-order valence-corrected chi connectivity index (χ2v) is 7.06. The zero-order valence-electron chi connectivity index (χ0n) is 13.3.